The van der Waals surface area contributed by atoms with E-state index in [2.05, 4.69) is 33.0 Å². The summed E-state index contributed by atoms with van der Waals surface area (Å²) in [6.07, 6.45) is -22.4. The highest BCUT2D eigenvalue weighted by Gasteiger charge is 2.69. The Kier molecular flexibility index (Phi) is 15.9. The summed E-state index contributed by atoms with van der Waals surface area (Å²) in [5, 5.41) is 133. The summed E-state index contributed by atoms with van der Waals surface area (Å²) in [5.41, 5.74) is 0.147. The van der Waals surface area contributed by atoms with E-state index < -0.39 is 143 Å². The van der Waals surface area contributed by atoms with Crippen molar-refractivity contribution >= 4 is 0 Å². The summed E-state index contributed by atoms with van der Waals surface area (Å²) >= 11 is 0. The molecule has 22 nitrogen and oxygen atoms in total. The Hall–Kier alpha value is -0.880. The Balaban J connectivity index is 0.812. The second kappa shape index (κ2) is 21.1. The van der Waals surface area contributed by atoms with Crippen LogP contribution in [0.2, 0.25) is 0 Å². The van der Waals surface area contributed by atoms with Crippen LogP contribution in [0.15, 0.2) is 0 Å². The van der Waals surface area contributed by atoms with E-state index in [9.17, 15) is 61.3 Å². The molecular weight excluding hydrogens is 951 g/mol. The van der Waals surface area contributed by atoms with Crippen LogP contribution in [-0.4, -0.2) is 229 Å². The van der Waals surface area contributed by atoms with Gasteiger partial charge >= 0.3 is 0 Å². The highest BCUT2D eigenvalue weighted by Crippen LogP contribution is 2.71. The fourth-order valence-electron chi connectivity index (χ4n) is 16.1. The maximum Gasteiger partial charge on any atom is 0.187 e. The van der Waals surface area contributed by atoms with Crippen LogP contribution in [0.25, 0.3) is 0 Å². The van der Waals surface area contributed by atoms with E-state index in [1.165, 1.54) is 19.3 Å². The highest BCUT2D eigenvalue weighted by molar-refractivity contribution is 5.16. The molecule has 0 aromatic heterocycles. The first-order valence-electron chi connectivity index (χ1n) is 26.8. The lowest BCUT2D eigenvalue weighted by molar-refractivity contribution is -0.404. The van der Waals surface area contributed by atoms with Gasteiger partial charge in [-0.25, -0.2) is 0 Å². The van der Waals surface area contributed by atoms with Crippen LogP contribution in [0.3, 0.4) is 0 Å². The Morgan fingerprint density at radius 3 is 1.88 bits per heavy atom. The van der Waals surface area contributed by atoms with Gasteiger partial charge in [0.15, 0.2) is 25.2 Å². The van der Waals surface area contributed by atoms with Crippen molar-refractivity contribution in [3.63, 3.8) is 0 Å². The summed E-state index contributed by atoms with van der Waals surface area (Å²) in [6, 6.07) is 0. The van der Waals surface area contributed by atoms with Gasteiger partial charge in [-0.2, -0.15) is 0 Å². The summed E-state index contributed by atoms with van der Waals surface area (Å²) in [6.45, 7) is 7.84. The molecule has 6 aliphatic heterocycles. The number of nitrogens with one attached hydrogen (secondary N) is 1. The third-order valence-electron chi connectivity index (χ3n) is 20.2. The molecule has 4 aliphatic carbocycles. The molecule has 1 unspecified atom stereocenters. The third kappa shape index (κ3) is 9.26. The van der Waals surface area contributed by atoms with Crippen LogP contribution in [-0.2, 0) is 42.6 Å². The lowest BCUT2D eigenvalue weighted by atomic mass is 9.44. The van der Waals surface area contributed by atoms with Crippen LogP contribution in [0.4, 0.5) is 0 Å². The van der Waals surface area contributed by atoms with E-state index in [1.807, 2.05) is 0 Å². The van der Waals surface area contributed by atoms with Gasteiger partial charge in [-0.3, -0.25) is 5.32 Å². The smallest absolute Gasteiger partial charge is 0.187 e. The number of hydrogen-bond donors (Lipinski definition) is 13. The quantitative estimate of drug-likeness (QED) is 0.0937. The van der Waals surface area contributed by atoms with Gasteiger partial charge in [0, 0.05) is 12.5 Å². The van der Waals surface area contributed by atoms with E-state index in [0.717, 1.165) is 45.1 Å². The molecule has 10 rings (SSSR count). The summed E-state index contributed by atoms with van der Waals surface area (Å²) in [7, 11) is 0. The average molecular weight is 1030 g/mol. The molecule has 13 N–H and O–H groups in total. The molecule has 6 heterocycles. The molecule has 22 heteroatoms. The number of piperidine rings is 1. The van der Waals surface area contributed by atoms with Gasteiger partial charge in [0.05, 0.1) is 38.6 Å². The van der Waals surface area contributed by atoms with Gasteiger partial charge in [-0.05, 0) is 111 Å². The maximum absolute atomic E-state index is 11.8. The predicted molar refractivity (Wildman–Crippen MR) is 244 cm³/mol. The van der Waals surface area contributed by atoms with E-state index in [-0.39, 0.29) is 28.8 Å². The van der Waals surface area contributed by atoms with Crippen molar-refractivity contribution in [1.82, 2.24) is 5.32 Å². The molecule has 0 bridgehead atoms. The zero-order valence-electron chi connectivity index (χ0n) is 41.8. The monoisotopic (exact) mass is 1030 g/mol. The number of aliphatic hydroxyl groups excluding tert-OH is 12. The fourth-order valence-corrected chi connectivity index (χ4v) is 16.1. The summed E-state index contributed by atoms with van der Waals surface area (Å²) in [4.78, 5) is 0. The van der Waals surface area contributed by atoms with Gasteiger partial charge < -0.3 is 104 Å². The Bertz CT molecular complexity index is 1830. The molecule has 4 saturated carbocycles. The molecule has 0 amide bonds. The first-order valence-corrected chi connectivity index (χ1v) is 26.8. The van der Waals surface area contributed by atoms with Crippen LogP contribution in [0, 0.1) is 52.3 Å². The molecule has 414 valence electrons. The minimum absolute atomic E-state index is 0.104. The van der Waals surface area contributed by atoms with E-state index in [4.69, 9.17) is 42.6 Å². The predicted octanol–water partition coefficient (Wildman–Crippen LogP) is -2.70. The molecule has 10 aliphatic rings. The highest BCUT2D eigenvalue weighted by atomic mass is 16.8. The van der Waals surface area contributed by atoms with Crippen LogP contribution in [0.5, 0.6) is 0 Å². The SMILES string of the molecule is C[C@H]1CC[C@]2(NC1)O[C@H]1C[C@H]3[C@@H]4CC[C@H]5C[C@@H](O[C@@H]6O[C@H](CO)[C@H](O[C@H]7O[C@H](CO)[C@@H](O)[C@H](OC8OC[C@@H](O)[C@H](O)[C@H]8O)[C@H]7O[C@@H]7O[C@H](CO)[C@@H](O)[C@H](O)[C@H]7O)[C@H](O)[C@H]6O)CC[C@]5(C)[C@H]4CC[C@]3(C)[C@H]1[C@@H]2C. The van der Waals surface area contributed by atoms with Crippen molar-refractivity contribution in [3.8, 4) is 0 Å². The lowest BCUT2D eigenvalue weighted by Crippen LogP contribution is -2.68. The number of aliphatic hydroxyl groups is 12. The normalized spacial score (nSPS) is 57.8. The molecule has 6 saturated heterocycles. The fraction of sp³-hybridized carbons (Fsp3) is 1.00. The number of rotatable bonds is 11. The third-order valence-corrected chi connectivity index (χ3v) is 20.2. The molecule has 0 aromatic rings. The van der Waals surface area contributed by atoms with Crippen LogP contribution >= 0.6 is 0 Å². The van der Waals surface area contributed by atoms with Crippen LogP contribution in [0.1, 0.15) is 91.9 Å². The number of hydrogen-bond acceptors (Lipinski definition) is 22. The standard InChI is InChI=1S/C50H83NO21/c1-20-7-12-50(51-15-20)21(2)32-28(72-50)14-26-24-6-5-22-13-23(8-10-48(22,3)25(24)9-11-49(26,32)4)65-45-40(63)37(60)41(31(18-54)68-45)69-47-43(71-46-39(62)36(59)34(57)29(16-52)66-46)42(35(58)30(17-53)67-47)70-44-38(61)33(56)27(55)19-64-44/h20-47,51-63H,5-19H2,1-4H3/t20-,21-,22-,23-,24+,25-,26-,27+,28-,29+,30+,31+,32-,33-,34+,35+,36-,37+,38+,39+,40+,41-,42-,43+,44?,45+,46-,47+,48-,49-,50-/m0/s1. The minimum Gasteiger partial charge on any atom is -0.394 e. The van der Waals surface area contributed by atoms with E-state index >= 15 is 0 Å². The van der Waals surface area contributed by atoms with Crippen molar-refractivity contribution < 1.29 is 104 Å². The number of fused-ring (bicyclic) bond motifs is 7. The Morgan fingerprint density at radius 1 is 0.542 bits per heavy atom. The molecule has 1 spiro atoms. The summed E-state index contributed by atoms with van der Waals surface area (Å²) in [5.74, 6) is 3.87. The maximum atomic E-state index is 11.8. The molecule has 31 atom stereocenters. The van der Waals surface area contributed by atoms with Gasteiger partial charge in [0.1, 0.15) is 97.3 Å². The van der Waals surface area contributed by atoms with Gasteiger partial charge in [-0.1, -0.05) is 27.7 Å². The Labute approximate surface area is 420 Å². The van der Waals surface area contributed by atoms with Crippen molar-refractivity contribution in [2.24, 2.45) is 52.3 Å². The van der Waals surface area contributed by atoms with E-state index in [1.54, 1.807) is 0 Å². The molecule has 0 aromatic carbocycles. The van der Waals surface area contributed by atoms with Gasteiger partial charge in [0.2, 0.25) is 0 Å². The first-order chi connectivity index (χ1) is 34.3. The number of ether oxygens (including phenoxy) is 9. The van der Waals surface area contributed by atoms with Crippen molar-refractivity contribution in [2.45, 2.75) is 227 Å². The van der Waals surface area contributed by atoms with Gasteiger partial charge in [0.25, 0.3) is 0 Å². The van der Waals surface area contributed by atoms with Crippen molar-refractivity contribution in [2.75, 3.05) is 33.0 Å². The molecule has 0 radical (unpaired) electrons. The second-order valence-corrected chi connectivity index (χ2v) is 24.0. The van der Waals surface area contributed by atoms with Crippen molar-refractivity contribution in [3.05, 3.63) is 0 Å². The van der Waals surface area contributed by atoms with Gasteiger partial charge in [-0.15, -0.1) is 0 Å². The average Bonchev–Trinajstić information content (AvgIpc) is 3.82. The minimum atomic E-state index is -1.99. The largest absolute Gasteiger partial charge is 0.394 e. The lowest BCUT2D eigenvalue weighted by Gasteiger charge is -2.61. The zero-order valence-corrected chi connectivity index (χ0v) is 41.8. The topological polar surface area (TPSA) is 338 Å². The first kappa shape index (κ1) is 54.5. The van der Waals surface area contributed by atoms with Crippen LogP contribution < -0.4 is 5.32 Å². The molecule has 72 heavy (non-hydrogen) atoms. The molecule has 10 fully saturated rings. The molecular formula is C50H83NO21. The summed E-state index contributed by atoms with van der Waals surface area (Å²) < 4.78 is 55.0. The zero-order chi connectivity index (χ0) is 51.3. The Morgan fingerprint density at radius 2 is 1.17 bits per heavy atom. The van der Waals surface area contributed by atoms with Crippen molar-refractivity contribution in [1.29, 1.82) is 0 Å². The second-order valence-electron chi connectivity index (χ2n) is 24.0. The van der Waals surface area contributed by atoms with E-state index in [0.29, 0.717) is 47.8 Å².